The second-order valence-corrected chi connectivity index (χ2v) is 21.1. The molecule has 1 saturated carbocycles. The van der Waals surface area contributed by atoms with E-state index in [0.717, 1.165) is 21.0 Å². The van der Waals surface area contributed by atoms with Crippen molar-refractivity contribution in [2.24, 2.45) is 5.41 Å². The van der Waals surface area contributed by atoms with Gasteiger partial charge in [-0.25, -0.2) is 9.37 Å². The van der Waals surface area contributed by atoms with Crippen molar-refractivity contribution in [3.8, 4) is 16.2 Å². The number of nitrogens with zero attached hydrogens (tertiary/aromatic N) is 3. The van der Waals surface area contributed by atoms with Crippen LogP contribution in [-0.2, 0) is 59.0 Å². The molecule has 25 heteroatoms. The summed E-state index contributed by atoms with van der Waals surface area (Å²) in [5.41, 5.74) is 2.02. The molecule has 1 unspecified atom stereocenters. The Morgan fingerprint density at radius 3 is 2.18 bits per heavy atom. The summed E-state index contributed by atoms with van der Waals surface area (Å²) in [6.45, 7) is 10.1. The van der Waals surface area contributed by atoms with E-state index in [0.29, 0.717) is 56.6 Å². The fourth-order valence-corrected chi connectivity index (χ4v) is 9.74. The van der Waals surface area contributed by atoms with E-state index >= 15 is 0 Å². The van der Waals surface area contributed by atoms with E-state index in [1.54, 1.807) is 38.4 Å². The zero-order valence-corrected chi connectivity index (χ0v) is 45.1. The average Bonchev–Trinajstić information content (AvgIpc) is 3.85. The van der Waals surface area contributed by atoms with E-state index in [9.17, 15) is 47.9 Å². The lowest BCUT2D eigenvalue weighted by Crippen LogP contribution is -2.59. The highest BCUT2D eigenvalue weighted by molar-refractivity contribution is 7.13. The number of aliphatic hydroxyl groups is 1. The summed E-state index contributed by atoms with van der Waals surface area (Å²) < 4.78 is 48.6. The van der Waals surface area contributed by atoms with Gasteiger partial charge in [0, 0.05) is 50.3 Å². The van der Waals surface area contributed by atoms with Gasteiger partial charge in [0.1, 0.15) is 37.1 Å². The maximum atomic E-state index is 14.6. The molecule has 2 saturated heterocycles. The molecule has 3 fully saturated rings. The minimum atomic E-state index is -1.99. The van der Waals surface area contributed by atoms with Crippen LogP contribution < -0.4 is 31.3 Å². The fraction of sp³-hybridized carbons (Fsp3) is 0.566. The van der Waals surface area contributed by atoms with Crippen molar-refractivity contribution in [3.05, 3.63) is 64.3 Å². The molecular weight excluding hydrogens is 1040 g/mol. The van der Waals surface area contributed by atoms with Gasteiger partial charge in [-0.1, -0.05) is 39.0 Å². The highest BCUT2D eigenvalue weighted by atomic mass is 32.1. The summed E-state index contributed by atoms with van der Waals surface area (Å²) in [5.74, 6) is -4.14. The monoisotopic (exact) mass is 1110 g/mol. The van der Waals surface area contributed by atoms with Gasteiger partial charge in [-0.2, -0.15) is 0 Å². The Labute approximate surface area is 454 Å². The van der Waals surface area contributed by atoms with Gasteiger partial charge in [-0.15, -0.1) is 11.3 Å². The maximum Gasteiger partial charge on any atom is 0.264 e. The number of nitrogens with one attached hydrogen (secondary N) is 5. The van der Waals surface area contributed by atoms with Crippen molar-refractivity contribution < 1.29 is 76.3 Å². The predicted octanol–water partition coefficient (Wildman–Crippen LogP) is 1.82. The number of piperidine rings is 1. The number of carbonyl (C=O) groups excluding carboxylic acids is 8. The van der Waals surface area contributed by atoms with Gasteiger partial charge in [0.25, 0.3) is 17.7 Å². The Hall–Kier alpha value is -6.48. The molecule has 3 aliphatic heterocycles. The number of rotatable bonds is 30. The molecule has 2 aromatic carbocycles. The summed E-state index contributed by atoms with van der Waals surface area (Å²) in [6.07, 6.45) is -0.717. The number of aromatic nitrogens is 1. The molecular formula is C53H69FN8O15S. The van der Waals surface area contributed by atoms with E-state index in [1.165, 1.54) is 22.3 Å². The van der Waals surface area contributed by atoms with E-state index in [2.05, 4.69) is 31.6 Å². The molecule has 424 valence electrons. The molecule has 0 bridgehead atoms. The lowest BCUT2D eigenvalue weighted by molar-refractivity contribution is -0.145. The number of halogens is 1. The Morgan fingerprint density at radius 1 is 0.885 bits per heavy atom. The van der Waals surface area contributed by atoms with Crippen LogP contribution in [0.25, 0.3) is 10.4 Å². The number of alkyl halides is 1. The van der Waals surface area contributed by atoms with Crippen LogP contribution in [-0.4, -0.2) is 189 Å². The van der Waals surface area contributed by atoms with Gasteiger partial charge in [0.05, 0.1) is 92.8 Å². The summed E-state index contributed by atoms with van der Waals surface area (Å²) in [7, 11) is 0. The van der Waals surface area contributed by atoms with Gasteiger partial charge in [0.2, 0.25) is 29.5 Å². The fourth-order valence-electron chi connectivity index (χ4n) is 8.94. The van der Waals surface area contributed by atoms with E-state index in [-0.39, 0.29) is 108 Å². The number of fused-ring (bicyclic) bond motifs is 1. The van der Waals surface area contributed by atoms with Gasteiger partial charge >= 0.3 is 0 Å². The molecule has 0 spiro atoms. The molecule has 8 amide bonds. The van der Waals surface area contributed by atoms with Crippen LogP contribution in [0.1, 0.15) is 84.8 Å². The molecule has 1 aliphatic carbocycles. The number of ether oxygens (including phenoxy) is 6. The number of benzene rings is 2. The normalized spacial score (nSPS) is 19.1. The Bertz CT molecular complexity index is 2660. The topological polar surface area (TPSA) is 292 Å². The SMILES string of the molecule is Cc1ncsc1-c1ccc(CNC(=O)[C@@H]2C[C@@H](O)CN2C(=O)[C@@H](NC(=O)C2(F)CC2)C(C)(C)C)c(OCCOCCOCCOCCOCCOCC(=O)NCCNc2cccc3c2C(=O)N(C2CCC(=O)NC2=O)C3=O)c1. The molecule has 3 aromatic rings. The van der Waals surface area contributed by atoms with Gasteiger partial charge in [0.15, 0.2) is 5.67 Å². The minimum Gasteiger partial charge on any atom is -0.491 e. The third-order valence-corrected chi connectivity index (χ3v) is 14.3. The third-order valence-electron chi connectivity index (χ3n) is 13.3. The Kier molecular flexibility index (Phi) is 20.8. The second kappa shape index (κ2) is 27.4. The summed E-state index contributed by atoms with van der Waals surface area (Å²) >= 11 is 1.49. The number of hydrogen-bond acceptors (Lipinski definition) is 18. The first-order valence-corrected chi connectivity index (χ1v) is 26.9. The predicted molar refractivity (Wildman–Crippen MR) is 279 cm³/mol. The van der Waals surface area contributed by atoms with Crippen molar-refractivity contribution >= 4 is 64.3 Å². The van der Waals surface area contributed by atoms with Gasteiger partial charge < -0.3 is 59.7 Å². The second-order valence-electron chi connectivity index (χ2n) is 20.2. The standard InChI is InChI=1S/C53H69FN8O15S/c1-32-44(78-31-58-32)33-8-9-34(28-57-46(66)39-27-35(63)29-61(39)50(70)45(52(2,3)4)60-51(71)53(54)12-13-53)40(26-33)77-25-24-75-21-20-73-17-16-72-18-19-74-22-23-76-30-42(65)56-15-14-55-37-7-5-6-36-43(37)49(69)62(48(36)68)38-10-11-41(64)59-47(38)67/h5-9,26,31,35,38-39,45,55,63H,10-25,27-30H2,1-4H3,(H,56,65)(H,57,66)(H,60,71)(H,59,64,67)/t35-,38?,39+,45-/m1/s1. The quantitative estimate of drug-likeness (QED) is 0.0410. The minimum absolute atomic E-state index is 0.00321. The number of imide groups is 2. The Morgan fingerprint density at radius 2 is 1.55 bits per heavy atom. The summed E-state index contributed by atoms with van der Waals surface area (Å²) in [6, 6.07) is 7.16. The van der Waals surface area contributed by atoms with Crippen LogP contribution in [0.5, 0.6) is 5.75 Å². The van der Waals surface area contributed by atoms with Crippen LogP contribution in [0.2, 0.25) is 0 Å². The molecule has 4 aliphatic rings. The van der Waals surface area contributed by atoms with E-state index in [1.807, 2.05) is 25.1 Å². The maximum absolute atomic E-state index is 14.6. The molecule has 78 heavy (non-hydrogen) atoms. The molecule has 4 heterocycles. The van der Waals surface area contributed by atoms with Crippen LogP contribution >= 0.6 is 11.3 Å². The highest BCUT2D eigenvalue weighted by Gasteiger charge is 2.53. The number of β-amino-alcohol motifs (C(OH)–C–C–N with tert-alkyl or cyclic N) is 1. The smallest absolute Gasteiger partial charge is 0.264 e. The van der Waals surface area contributed by atoms with E-state index < -0.39 is 76.7 Å². The van der Waals surface area contributed by atoms with Crippen molar-refractivity contribution in [2.45, 2.75) is 96.2 Å². The van der Waals surface area contributed by atoms with Crippen molar-refractivity contribution in [3.63, 3.8) is 0 Å². The molecule has 0 radical (unpaired) electrons. The summed E-state index contributed by atoms with van der Waals surface area (Å²) in [5, 5.41) is 24.0. The number of carbonyl (C=O) groups is 8. The van der Waals surface area contributed by atoms with E-state index in [4.69, 9.17) is 28.4 Å². The number of likely N-dealkylation sites (tertiary alicyclic amines) is 1. The zero-order chi connectivity index (χ0) is 56.0. The van der Waals surface area contributed by atoms with Crippen LogP contribution in [0.4, 0.5) is 10.1 Å². The summed E-state index contributed by atoms with van der Waals surface area (Å²) in [4.78, 5) is 110. The highest BCUT2D eigenvalue weighted by Crippen LogP contribution is 2.41. The molecule has 23 nitrogen and oxygen atoms in total. The first-order valence-electron chi connectivity index (χ1n) is 26.0. The van der Waals surface area contributed by atoms with Crippen molar-refractivity contribution in [1.82, 2.24) is 36.1 Å². The van der Waals surface area contributed by atoms with Crippen LogP contribution in [0, 0.1) is 12.3 Å². The van der Waals surface area contributed by atoms with Gasteiger partial charge in [-0.3, -0.25) is 48.6 Å². The zero-order valence-electron chi connectivity index (χ0n) is 44.3. The average molecular weight is 1110 g/mol. The van der Waals surface area contributed by atoms with Crippen molar-refractivity contribution in [2.75, 3.05) is 97.6 Å². The van der Waals surface area contributed by atoms with Gasteiger partial charge in [-0.05, 0) is 55.4 Å². The van der Waals surface area contributed by atoms with Crippen LogP contribution in [0.15, 0.2) is 41.9 Å². The lowest BCUT2D eigenvalue weighted by atomic mass is 9.85. The first-order chi connectivity index (χ1) is 37.4. The molecule has 7 rings (SSSR count). The number of hydrogen-bond donors (Lipinski definition) is 6. The molecule has 6 N–H and O–H groups in total. The number of aliphatic hydroxyl groups excluding tert-OH is 1. The number of anilines is 1. The number of aryl methyl sites for hydroxylation is 1. The lowest BCUT2D eigenvalue weighted by Gasteiger charge is -2.35. The Balaban J connectivity index is 0.721. The molecule has 4 atom stereocenters. The number of amides is 8. The van der Waals surface area contributed by atoms with Crippen LogP contribution in [0.3, 0.4) is 0 Å². The van der Waals surface area contributed by atoms with Crippen molar-refractivity contribution in [1.29, 1.82) is 0 Å². The molecule has 1 aromatic heterocycles. The number of thiazole rings is 1. The largest absolute Gasteiger partial charge is 0.491 e. The first kappa shape index (κ1) is 59.2. The third kappa shape index (κ3) is 15.6.